The van der Waals surface area contributed by atoms with E-state index in [1.165, 1.54) is 23.5 Å². The molecule has 0 aliphatic carbocycles. The average molecular weight is 352 g/mol. The predicted octanol–water partition coefficient (Wildman–Crippen LogP) is 4.16. The molecule has 0 saturated carbocycles. The number of carbonyl (C=O) groups excluding carboxylic acids is 1. The van der Waals surface area contributed by atoms with Gasteiger partial charge in [-0.05, 0) is 43.3 Å². The van der Waals surface area contributed by atoms with Gasteiger partial charge in [-0.25, -0.2) is 9.37 Å². The van der Waals surface area contributed by atoms with Gasteiger partial charge in [-0.1, -0.05) is 29.0 Å². The second-order valence-corrected chi connectivity index (χ2v) is 6.38. The van der Waals surface area contributed by atoms with Crippen molar-refractivity contribution in [2.24, 2.45) is 0 Å². The Morgan fingerprint density at radius 3 is 2.56 bits per heavy atom. The van der Waals surface area contributed by atoms with Crippen LogP contribution in [0.1, 0.15) is 15.9 Å². The van der Waals surface area contributed by atoms with Crippen LogP contribution in [0.3, 0.4) is 0 Å². The van der Waals surface area contributed by atoms with Gasteiger partial charge in [0.2, 0.25) is 4.96 Å². The molecule has 4 aromatic rings. The van der Waals surface area contributed by atoms with Crippen molar-refractivity contribution in [3.63, 3.8) is 0 Å². The minimum absolute atomic E-state index is 0.252. The van der Waals surface area contributed by atoms with Crippen LogP contribution in [0.5, 0.6) is 0 Å². The number of rotatable bonds is 3. The van der Waals surface area contributed by atoms with Gasteiger partial charge in [-0.3, -0.25) is 4.79 Å². The van der Waals surface area contributed by atoms with Gasteiger partial charge in [0, 0.05) is 11.1 Å². The van der Waals surface area contributed by atoms with Gasteiger partial charge in [-0.2, -0.15) is 9.61 Å². The predicted molar refractivity (Wildman–Crippen MR) is 95.4 cm³/mol. The number of hydrogen-bond donors (Lipinski definition) is 1. The fourth-order valence-corrected chi connectivity index (χ4v) is 3.12. The summed E-state index contributed by atoms with van der Waals surface area (Å²) in [6.07, 6.45) is 0. The fourth-order valence-electron chi connectivity index (χ4n) is 2.50. The third-order valence-electron chi connectivity index (χ3n) is 3.81. The molecule has 4 rings (SSSR count). The third kappa shape index (κ3) is 2.89. The second kappa shape index (κ2) is 6.10. The standard InChI is InChI=1S/C18H13FN4OS/c1-11-2-4-13(5-3-11)17(24)22-16-15(12-6-8-14(19)9-7-12)21-18-23(16)20-10-25-18/h2-10H,1H3,(H,22,24). The van der Waals surface area contributed by atoms with Crippen LogP contribution >= 0.6 is 11.3 Å². The summed E-state index contributed by atoms with van der Waals surface area (Å²) in [5.41, 5.74) is 4.53. The van der Waals surface area contributed by atoms with Gasteiger partial charge in [0.05, 0.1) is 0 Å². The molecule has 0 spiro atoms. The first kappa shape index (κ1) is 15.5. The smallest absolute Gasteiger partial charge is 0.256 e. The van der Waals surface area contributed by atoms with Crippen molar-refractivity contribution in [1.82, 2.24) is 14.6 Å². The number of benzene rings is 2. The van der Waals surface area contributed by atoms with Crippen molar-refractivity contribution >= 4 is 28.0 Å². The molecular formula is C18H13FN4OS. The monoisotopic (exact) mass is 352 g/mol. The third-order valence-corrected chi connectivity index (χ3v) is 4.48. The molecule has 1 amide bonds. The summed E-state index contributed by atoms with van der Waals surface area (Å²) in [4.78, 5) is 17.8. The Labute approximate surface area is 146 Å². The summed E-state index contributed by atoms with van der Waals surface area (Å²) in [5, 5.41) is 7.11. The van der Waals surface area contributed by atoms with E-state index in [9.17, 15) is 9.18 Å². The van der Waals surface area contributed by atoms with E-state index < -0.39 is 0 Å². The molecule has 0 saturated heterocycles. The SMILES string of the molecule is Cc1ccc(C(=O)Nc2c(-c3ccc(F)cc3)nc3scnn23)cc1. The van der Waals surface area contributed by atoms with E-state index in [1.54, 1.807) is 34.3 Å². The topological polar surface area (TPSA) is 59.3 Å². The molecule has 0 bridgehead atoms. The Balaban J connectivity index is 1.76. The number of aromatic nitrogens is 3. The number of fused-ring (bicyclic) bond motifs is 1. The van der Waals surface area contributed by atoms with Crippen molar-refractivity contribution in [2.45, 2.75) is 6.92 Å². The van der Waals surface area contributed by atoms with E-state index in [2.05, 4.69) is 15.4 Å². The largest absolute Gasteiger partial charge is 0.305 e. The Morgan fingerprint density at radius 1 is 1.12 bits per heavy atom. The van der Waals surface area contributed by atoms with Gasteiger partial charge in [-0.15, -0.1) is 0 Å². The van der Waals surface area contributed by atoms with E-state index in [4.69, 9.17) is 0 Å². The normalized spacial score (nSPS) is 11.0. The van der Waals surface area contributed by atoms with Crippen LogP contribution in [0.4, 0.5) is 10.2 Å². The average Bonchev–Trinajstić information content (AvgIpc) is 3.19. The van der Waals surface area contributed by atoms with Crippen LogP contribution in [0.15, 0.2) is 54.0 Å². The molecule has 0 unspecified atom stereocenters. The first-order valence-electron chi connectivity index (χ1n) is 7.58. The summed E-state index contributed by atoms with van der Waals surface area (Å²) >= 11 is 1.36. The lowest BCUT2D eigenvalue weighted by molar-refractivity contribution is 0.102. The van der Waals surface area contributed by atoms with Crippen molar-refractivity contribution in [1.29, 1.82) is 0 Å². The number of halogens is 1. The van der Waals surface area contributed by atoms with Crippen LogP contribution in [-0.2, 0) is 0 Å². The molecule has 5 nitrogen and oxygen atoms in total. The zero-order chi connectivity index (χ0) is 17.4. The zero-order valence-corrected chi connectivity index (χ0v) is 14.0. The van der Waals surface area contributed by atoms with E-state index in [0.717, 1.165) is 5.56 Å². The molecule has 2 aromatic carbocycles. The number of imidazole rings is 1. The summed E-state index contributed by atoms with van der Waals surface area (Å²) in [5.74, 6) is -0.111. The lowest BCUT2D eigenvalue weighted by Gasteiger charge is -2.07. The highest BCUT2D eigenvalue weighted by Gasteiger charge is 2.19. The first-order valence-corrected chi connectivity index (χ1v) is 8.46. The maximum atomic E-state index is 13.2. The molecule has 1 N–H and O–H groups in total. The molecule has 0 radical (unpaired) electrons. The van der Waals surface area contributed by atoms with Gasteiger partial charge in [0.1, 0.15) is 17.0 Å². The van der Waals surface area contributed by atoms with E-state index in [0.29, 0.717) is 27.6 Å². The molecule has 0 aliphatic rings. The lowest BCUT2D eigenvalue weighted by atomic mass is 10.1. The van der Waals surface area contributed by atoms with E-state index in [-0.39, 0.29) is 11.7 Å². The maximum Gasteiger partial charge on any atom is 0.256 e. The second-order valence-electron chi connectivity index (χ2n) is 5.57. The molecule has 25 heavy (non-hydrogen) atoms. The molecule has 7 heteroatoms. The molecule has 2 heterocycles. The van der Waals surface area contributed by atoms with Crippen molar-refractivity contribution in [3.05, 3.63) is 71.0 Å². The van der Waals surface area contributed by atoms with Crippen LogP contribution in [-0.4, -0.2) is 20.5 Å². The number of carbonyl (C=O) groups is 1. The Bertz CT molecular complexity index is 1050. The minimum Gasteiger partial charge on any atom is -0.305 e. The van der Waals surface area contributed by atoms with Gasteiger partial charge in [0.15, 0.2) is 5.82 Å². The maximum absolute atomic E-state index is 13.2. The van der Waals surface area contributed by atoms with E-state index >= 15 is 0 Å². The first-order chi connectivity index (χ1) is 12.1. The zero-order valence-electron chi connectivity index (χ0n) is 13.2. The van der Waals surface area contributed by atoms with Crippen LogP contribution in [0, 0.1) is 12.7 Å². The Morgan fingerprint density at radius 2 is 1.84 bits per heavy atom. The molecular weight excluding hydrogens is 339 g/mol. The summed E-state index contributed by atoms with van der Waals surface area (Å²) in [7, 11) is 0. The molecule has 2 aromatic heterocycles. The van der Waals surface area contributed by atoms with Gasteiger partial charge < -0.3 is 5.32 Å². The number of aryl methyl sites for hydroxylation is 1. The summed E-state index contributed by atoms with van der Waals surface area (Å²) in [6.45, 7) is 1.96. The fraction of sp³-hybridized carbons (Fsp3) is 0.0556. The Kier molecular flexibility index (Phi) is 3.77. The molecule has 124 valence electrons. The number of anilines is 1. The number of nitrogens with one attached hydrogen (secondary N) is 1. The highest BCUT2D eigenvalue weighted by Crippen LogP contribution is 2.30. The van der Waals surface area contributed by atoms with Crippen LogP contribution < -0.4 is 5.32 Å². The molecule has 0 atom stereocenters. The van der Waals surface area contributed by atoms with E-state index in [1.807, 2.05) is 19.1 Å². The molecule has 0 fully saturated rings. The Hall–Kier alpha value is -3.06. The minimum atomic E-state index is -0.326. The highest BCUT2D eigenvalue weighted by molar-refractivity contribution is 7.14. The number of hydrogen-bond acceptors (Lipinski definition) is 4. The molecule has 0 aliphatic heterocycles. The lowest BCUT2D eigenvalue weighted by Crippen LogP contribution is -2.14. The summed E-state index contributed by atoms with van der Waals surface area (Å²) < 4.78 is 14.8. The van der Waals surface area contributed by atoms with Crippen molar-refractivity contribution < 1.29 is 9.18 Å². The summed E-state index contributed by atoms with van der Waals surface area (Å²) in [6, 6.07) is 13.3. The van der Waals surface area contributed by atoms with Crippen LogP contribution in [0.2, 0.25) is 0 Å². The van der Waals surface area contributed by atoms with Gasteiger partial charge >= 0.3 is 0 Å². The van der Waals surface area contributed by atoms with Crippen LogP contribution in [0.25, 0.3) is 16.2 Å². The van der Waals surface area contributed by atoms with Gasteiger partial charge in [0.25, 0.3) is 5.91 Å². The number of amides is 1. The van der Waals surface area contributed by atoms with Crippen molar-refractivity contribution in [2.75, 3.05) is 5.32 Å². The quantitative estimate of drug-likeness (QED) is 0.602. The van der Waals surface area contributed by atoms with Crippen molar-refractivity contribution in [3.8, 4) is 11.3 Å². The number of nitrogens with zero attached hydrogens (tertiary/aromatic N) is 3. The highest BCUT2D eigenvalue weighted by atomic mass is 32.1.